The summed E-state index contributed by atoms with van der Waals surface area (Å²) in [5, 5.41) is 0. The zero-order chi connectivity index (χ0) is 25.4. The summed E-state index contributed by atoms with van der Waals surface area (Å²) in [6, 6.07) is 14.6. The van der Waals surface area contributed by atoms with Gasteiger partial charge in [-0.3, -0.25) is 22.9 Å². The summed E-state index contributed by atoms with van der Waals surface area (Å²) in [4.78, 5) is 30.2. The Bertz CT molecular complexity index is 1650. The Hall–Kier alpha value is -3.94. The third-order valence-electron chi connectivity index (χ3n) is 6.87. The fraction of sp³-hybridized carbons (Fsp3) is 0.321. The van der Waals surface area contributed by atoms with Crippen LogP contribution in [0, 0.1) is 5.82 Å². The number of imidazole rings is 2. The Morgan fingerprint density at radius 3 is 2.25 bits per heavy atom. The standard InChI is InChI=1S/C28H30FN5O2/c1-4-5-6-7-8-9-19-10-12-20(13-11-19)23-18-33-24-25(31(2)28(36)32(3)26(24)35)30-27(33)34(23)22-16-14-21(29)15-17-22/h10-18H,4-9H2,1-3H3. The van der Waals surface area contributed by atoms with Crippen molar-refractivity contribution in [3.8, 4) is 16.9 Å². The fourth-order valence-corrected chi connectivity index (χ4v) is 4.79. The summed E-state index contributed by atoms with van der Waals surface area (Å²) in [6.45, 7) is 2.22. The molecule has 186 valence electrons. The van der Waals surface area contributed by atoms with Gasteiger partial charge >= 0.3 is 5.69 Å². The van der Waals surface area contributed by atoms with Crippen molar-refractivity contribution in [3.63, 3.8) is 0 Å². The van der Waals surface area contributed by atoms with E-state index in [1.54, 1.807) is 23.6 Å². The number of hydrogen-bond acceptors (Lipinski definition) is 3. The topological polar surface area (TPSA) is 66.2 Å². The molecule has 0 bridgehead atoms. The molecular weight excluding hydrogens is 457 g/mol. The van der Waals surface area contributed by atoms with Crippen LogP contribution in [0.25, 0.3) is 33.9 Å². The summed E-state index contributed by atoms with van der Waals surface area (Å²) in [6.07, 6.45) is 9.12. The van der Waals surface area contributed by atoms with Gasteiger partial charge in [-0.15, -0.1) is 0 Å². The molecule has 8 heteroatoms. The monoisotopic (exact) mass is 487 g/mol. The van der Waals surface area contributed by atoms with Crippen LogP contribution in [0.2, 0.25) is 0 Å². The second kappa shape index (κ2) is 9.60. The molecule has 3 aromatic heterocycles. The zero-order valence-corrected chi connectivity index (χ0v) is 20.9. The van der Waals surface area contributed by atoms with Gasteiger partial charge in [0.05, 0.1) is 5.69 Å². The van der Waals surface area contributed by atoms with E-state index in [0.29, 0.717) is 22.6 Å². The minimum Gasteiger partial charge on any atom is -0.279 e. The third kappa shape index (κ3) is 4.06. The Morgan fingerprint density at radius 2 is 1.56 bits per heavy atom. The molecule has 2 aromatic carbocycles. The van der Waals surface area contributed by atoms with Crippen molar-refractivity contribution < 1.29 is 4.39 Å². The number of aryl methyl sites for hydroxylation is 2. The van der Waals surface area contributed by atoms with Crippen molar-refractivity contribution >= 4 is 16.9 Å². The maximum Gasteiger partial charge on any atom is 0.332 e. The molecule has 0 aliphatic rings. The van der Waals surface area contributed by atoms with Gasteiger partial charge < -0.3 is 0 Å². The molecule has 36 heavy (non-hydrogen) atoms. The van der Waals surface area contributed by atoms with E-state index in [-0.39, 0.29) is 5.82 Å². The maximum absolute atomic E-state index is 13.7. The van der Waals surface area contributed by atoms with E-state index in [1.807, 2.05) is 10.8 Å². The normalized spacial score (nSPS) is 11.7. The Morgan fingerprint density at radius 1 is 0.861 bits per heavy atom. The molecule has 0 atom stereocenters. The van der Waals surface area contributed by atoms with Crippen molar-refractivity contribution in [2.45, 2.75) is 45.4 Å². The summed E-state index contributed by atoms with van der Waals surface area (Å²) >= 11 is 0. The highest BCUT2D eigenvalue weighted by Crippen LogP contribution is 2.29. The van der Waals surface area contributed by atoms with E-state index in [2.05, 4.69) is 36.2 Å². The van der Waals surface area contributed by atoms with E-state index in [9.17, 15) is 14.0 Å². The predicted octanol–water partition coefficient (Wildman–Crippen LogP) is 4.99. The van der Waals surface area contributed by atoms with Crippen molar-refractivity contribution in [2.24, 2.45) is 14.1 Å². The first-order valence-electron chi connectivity index (χ1n) is 12.5. The van der Waals surface area contributed by atoms with Gasteiger partial charge in [-0.05, 0) is 42.7 Å². The number of nitrogens with zero attached hydrogens (tertiary/aromatic N) is 5. The lowest BCUT2D eigenvalue weighted by molar-refractivity contribution is 0.627. The smallest absolute Gasteiger partial charge is 0.279 e. The van der Waals surface area contributed by atoms with Gasteiger partial charge in [0.15, 0.2) is 11.2 Å². The first-order chi connectivity index (χ1) is 17.4. The largest absolute Gasteiger partial charge is 0.332 e. The van der Waals surface area contributed by atoms with Gasteiger partial charge in [0.2, 0.25) is 5.78 Å². The fourth-order valence-electron chi connectivity index (χ4n) is 4.79. The molecule has 0 aliphatic heterocycles. The summed E-state index contributed by atoms with van der Waals surface area (Å²) in [5.41, 5.74) is 3.53. The van der Waals surface area contributed by atoms with E-state index < -0.39 is 11.2 Å². The van der Waals surface area contributed by atoms with Gasteiger partial charge in [0.1, 0.15) is 5.82 Å². The lowest BCUT2D eigenvalue weighted by Gasteiger charge is -2.10. The van der Waals surface area contributed by atoms with Crippen LogP contribution in [-0.4, -0.2) is 23.1 Å². The molecule has 0 N–H and O–H groups in total. The predicted molar refractivity (Wildman–Crippen MR) is 140 cm³/mol. The molecule has 7 nitrogen and oxygen atoms in total. The first-order valence-corrected chi connectivity index (χ1v) is 12.5. The highest BCUT2D eigenvalue weighted by Gasteiger charge is 2.21. The maximum atomic E-state index is 13.7. The number of halogens is 1. The lowest BCUT2D eigenvalue weighted by atomic mass is 10.0. The molecule has 5 rings (SSSR count). The highest BCUT2D eigenvalue weighted by atomic mass is 19.1. The quantitative estimate of drug-likeness (QED) is 0.290. The Balaban J connectivity index is 1.64. The SMILES string of the molecule is CCCCCCCc1ccc(-c2cn3c4c(=O)n(C)c(=O)n(C)c4nc3n2-c2ccc(F)cc2)cc1. The number of benzene rings is 2. The Kier molecular flexibility index (Phi) is 6.35. The third-order valence-corrected chi connectivity index (χ3v) is 6.87. The van der Waals surface area contributed by atoms with Gasteiger partial charge in [-0.1, -0.05) is 56.9 Å². The van der Waals surface area contributed by atoms with Crippen molar-refractivity contribution in [3.05, 3.63) is 86.9 Å². The van der Waals surface area contributed by atoms with Crippen LogP contribution in [0.4, 0.5) is 4.39 Å². The van der Waals surface area contributed by atoms with Crippen molar-refractivity contribution in [1.82, 2.24) is 23.1 Å². The lowest BCUT2D eigenvalue weighted by Crippen LogP contribution is -2.37. The second-order valence-corrected chi connectivity index (χ2v) is 9.35. The van der Waals surface area contributed by atoms with Crippen LogP contribution in [0.5, 0.6) is 0 Å². The summed E-state index contributed by atoms with van der Waals surface area (Å²) in [7, 11) is 3.06. The Labute approximate surface area is 208 Å². The van der Waals surface area contributed by atoms with Crippen molar-refractivity contribution in [2.75, 3.05) is 0 Å². The van der Waals surface area contributed by atoms with Crippen LogP contribution in [0.3, 0.4) is 0 Å². The van der Waals surface area contributed by atoms with E-state index in [1.165, 1.54) is 61.4 Å². The molecule has 0 fully saturated rings. The molecule has 0 aliphatic carbocycles. The number of fused-ring (bicyclic) bond motifs is 3. The van der Waals surface area contributed by atoms with Crippen molar-refractivity contribution in [1.29, 1.82) is 0 Å². The van der Waals surface area contributed by atoms with Crippen LogP contribution < -0.4 is 11.2 Å². The van der Waals surface area contributed by atoms with Crippen LogP contribution in [-0.2, 0) is 20.5 Å². The minimum atomic E-state index is -0.438. The van der Waals surface area contributed by atoms with Crippen LogP contribution in [0.1, 0.15) is 44.6 Å². The number of hydrogen-bond donors (Lipinski definition) is 0. The number of rotatable bonds is 8. The second-order valence-electron chi connectivity index (χ2n) is 9.35. The molecular formula is C28H30FN5O2. The van der Waals surface area contributed by atoms with E-state index >= 15 is 0 Å². The molecule has 0 saturated heterocycles. The summed E-state index contributed by atoms with van der Waals surface area (Å²) < 4.78 is 19.8. The molecule has 0 amide bonds. The molecule has 3 heterocycles. The average molecular weight is 488 g/mol. The van der Waals surface area contributed by atoms with E-state index in [0.717, 1.165) is 22.2 Å². The summed E-state index contributed by atoms with van der Waals surface area (Å²) in [5.74, 6) is 0.140. The zero-order valence-electron chi connectivity index (χ0n) is 20.9. The van der Waals surface area contributed by atoms with Gasteiger partial charge in [-0.2, -0.15) is 4.98 Å². The molecule has 5 aromatic rings. The molecule has 0 saturated carbocycles. The van der Waals surface area contributed by atoms with Gasteiger partial charge in [0.25, 0.3) is 5.56 Å². The van der Waals surface area contributed by atoms with Crippen LogP contribution in [0.15, 0.2) is 64.3 Å². The van der Waals surface area contributed by atoms with Gasteiger partial charge in [-0.25, -0.2) is 9.18 Å². The first kappa shape index (κ1) is 23.8. The average Bonchev–Trinajstić information content (AvgIpc) is 3.44. The highest BCUT2D eigenvalue weighted by molar-refractivity contribution is 5.79. The minimum absolute atomic E-state index is 0.305. The number of unbranched alkanes of at least 4 members (excludes halogenated alkanes) is 4. The van der Waals surface area contributed by atoms with Gasteiger partial charge in [0, 0.05) is 31.5 Å². The molecule has 0 unspecified atom stereocenters. The van der Waals surface area contributed by atoms with Crippen LogP contribution >= 0.6 is 0 Å². The van der Waals surface area contributed by atoms with E-state index in [4.69, 9.17) is 0 Å². The molecule has 0 spiro atoms. The number of aromatic nitrogens is 5. The molecule has 0 radical (unpaired) electrons.